The predicted molar refractivity (Wildman–Crippen MR) is 234 cm³/mol. The normalized spacial score (nSPS) is 23.6. The molecule has 0 bridgehead atoms. The Kier molecular flexibility index (Phi) is 11.6. The largest absolute Gasteiger partial charge is 0.507 e. The average Bonchev–Trinajstić information content (AvgIpc) is 3.93. The van der Waals surface area contributed by atoms with Crippen molar-refractivity contribution in [3.8, 4) is 11.6 Å². The highest BCUT2D eigenvalue weighted by Crippen LogP contribution is 2.59. The van der Waals surface area contributed by atoms with Gasteiger partial charge in [0.25, 0.3) is 5.88 Å². The van der Waals surface area contributed by atoms with E-state index < -0.39 is 60.0 Å². The number of aliphatic hydroxyl groups is 1. The molecule has 5 atom stereocenters. The van der Waals surface area contributed by atoms with Crippen molar-refractivity contribution in [1.82, 2.24) is 15.4 Å². The summed E-state index contributed by atoms with van der Waals surface area (Å²) in [5.74, 6) is -3.12. The van der Waals surface area contributed by atoms with E-state index in [1.807, 2.05) is 78.7 Å². The summed E-state index contributed by atoms with van der Waals surface area (Å²) >= 11 is 0. The van der Waals surface area contributed by atoms with Crippen molar-refractivity contribution in [2.24, 2.45) is 11.8 Å². The van der Waals surface area contributed by atoms with E-state index in [1.165, 1.54) is 0 Å². The van der Waals surface area contributed by atoms with Crippen molar-refractivity contribution in [3.05, 3.63) is 143 Å². The van der Waals surface area contributed by atoms with Gasteiger partial charge in [0.15, 0.2) is 19.7 Å². The lowest BCUT2D eigenvalue weighted by Gasteiger charge is -2.55. The number of fused-ring (bicyclic) bond motifs is 4. The molecule has 0 spiro atoms. The second-order valence-electron chi connectivity index (χ2n) is 18.3. The third-order valence-corrected chi connectivity index (χ3v) is 17.9. The zero-order valence-electron chi connectivity index (χ0n) is 35.8. The topological polar surface area (TPSA) is 123 Å². The van der Waals surface area contributed by atoms with Crippen LogP contribution in [0.3, 0.4) is 0 Å². The molecule has 0 amide bonds. The van der Waals surface area contributed by atoms with E-state index in [4.69, 9.17) is 18.4 Å². The Hall–Kier alpha value is -5.14. The minimum Gasteiger partial charge on any atom is -0.507 e. The summed E-state index contributed by atoms with van der Waals surface area (Å²) < 4.78 is 43.4. The number of hydrogen-bond donors (Lipinski definition) is 2. The van der Waals surface area contributed by atoms with Crippen LogP contribution < -0.4 is 14.8 Å². The van der Waals surface area contributed by atoms with Gasteiger partial charge in [0.05, 0.1) is 11.6 Å². The fraction of sp³-hybridized carbons (Fsp3) is 0.408. The van der Waals surface area contributed by atoms with Gasteiger partial charge in [-0.2, -0.15) is 0 Å². The van der Waals surface area contributed by atoms with Gasteiger partial charge in [-0.25, -0.2) is 4.39 Å². The van der Waals surface area contributed by atoms with Gasteiger partial charge in [-0.05, 0) is 78.6 Å². The zero-order valence-corrected chi connectivity index (χ0v) is 36.8. The summed E-state index contributed by atoms with van der Waals surface area (Å²) in [6, 6.07) is 19.8. The number of ether oxygens (including phenoxy) is 2. The summed E-state index contributed by atoms with van der Waals surface area (Å²) in [4.78, 5) is 33.9. The molecular weight excluding hydrogens is 790 g/mol. The number of halogens is 1. The first-order chi connectivity index (χ1) is 29.2. The van der Waals surface area contributed by atoms with Crippen molar-refractivity contribution >= 4 is 25.6 Å². The highest BCUT2D eigenvalue weighted by Gasteiger charge is 2.69. The van der Waals surface area contributed by atoms with Crippen molar-refractivity contribution < 1.29 is 37.5 Å². The van der Waals surface area contributed by atoms with Crippen LogP contribution in [0.15, 0.2) is 102 Å². The summed E-state index contributed by atoms with van der Waals surface area (Å²) in [7, 11) is -3.02. The number of carbonyl (C=O) groups is 2. The first kappa shape index (κ1) is 42.5. The Balaban J connectivity index is 1.34. The number of rotatable bonds is 14. The molecule has 2 unspecified atom stereocenters. The maximum Gasteiger partial charge on any atom is 0.265 e. The molecule has 0 radical (unpaired) electrons. The van der Waals surface area contributed by atoms with Crippen LogP contribution >= 0.6 is 0 Å². The van der Waals surface area contributed by atoms with E-state index in [1.54, 1.807) is 18.2 Å². The van der Waals surface area contributed by atoms with Crippen molar-refractivity contribution in [2.75, 3.05) is 19.6 Å². The fourth-order valence-corrected chi connectivity index (χ4v) is 11.0. The molecule has 4 aliphatic rings. The van der Waals surface area contributed by atoms with E-state index in [2.05, 4.69) is 44.4 Å². The second-order valence-corrected chi connectivity index (χ2v) is 23.0. The Morgan fingerprint density at radius 1 is 0.984 bits per heavy atom. The Labute approximate surface area is 358 Å². The lowest BCUT2D eigenvalue weighted by molar-refractivity contribution is -0.141. The maximum atomic E-state index is 17.1. The number of hydrogen-bond acceptors (Lipinski definition) is 10. The molecule has 320 valence electrons. The van der Waals surface area contributed by atoms with Crippen LogP contribution in [0, 0.1) is 17.7 Å². The molecule has 1 saturated carbocycles. The molecule has 61 heavy (non-hydrogen) atoms. The number of aliphatic hydroxyl groups excluding tert-OH is 1. The molecule has 2 heterocycles. The molecule has 1 aliphatic heterocycles. The Morgan fingerprint density at radius 3 is 2.21 bits per heavy atom. The molecule has 1 saturated heterocycles. The molecule has 10 nitrogen and oxygen atoms in total. The monoisotopic (exact) mass is 845 g/mol. The smallest absolute Gasteiger partial charge is 0.265 e. The lowest BCUT2D eigenvalue weighted by atomic mass is 9.57. The molecular formula is C49H56FN3O7Si. The van der Waals surface area contributed by atoms with Gasteiger partial charge in [0.1, 0.15) is 36.1 Å². The van der Waals surface area contributed by atoms with Crippen LogP contribution in [0.2, 0.25) is 18.1 Å². The van der Waals surface area contributed by atoms with E-state index in [-0.39, 0.29) is 71.8 Å². The van der Waals surface area contributed by atoms with E-state index in [0.717, 1.165) is 30.5 Å². The van der Waals surface area contributed by atoms with Gasteiger partial charge in [0.2, 0.25) is 11.6 Å². The van der Waals surface area contributed by atoms with Gasteiger partial charge in [-0.3, -0.25) is 14.5 Å². The molecule has 8 rings (SSSR count). The lowest BCUT2D eigenvalue weighted by Crippen LogP contribution is -2.68. The summed E-state index contributed by atoms with van der Waals surface area (Å²) in [5.41, 5.74) is 0.560. The van der Waals surface area contributed by atoms with Crippen molar-refractivity contribution in [2.45, 2.75) is 95.5 Å². The Bertz CT molecular complexity index is 2360. The number of benzene rings is 3. The first-order valence-corrected chi connectivity index (χ1v) is 24.2. The number of Topliss-reactive ketones (excluding diaryl/α,β-unsaturated/α-hetero) is 2. The third kappa shape index (κ3) is 7.41. The molecule has 3 aliphatic carbocycles. The van der Waals surface area contributed by atoms with Crippen LogP contribution in [0.4, 0.5) is 4.39 Å². The highest BCUT2D eigenvalue weighted by atomic mass is 28.4. The van der Waals surface area contributed by atoms with Crippen LogP contribution in [-0.4, -0.2) is 60.3 Å². The molecule has 2 N–H and O–H groups in total. The first-order valence-electron chi connectivity index (χ1n) is 21.3. The summed E-state index contributed by atoms with van der Waals surface area (Å²) in [6.45, 7) is 19.9. The van der Waals surface area contributed by atoms with Crippen molar-refractivity contribution in [3.63, 3.8) is 0 Å². The van der Waals surface area contributed by atoms with Crippen LogP contribution in [-0.2, 0) is 28.9 Å². The minimum absolute atomic E-state index is 0.0312. The standard InChI is InChI=1S/C49H56FN3O7Si/c1-8-23-53(24-9-2)42-35-26-32-25-34-39(37(57-28-30-17-12-10-13-18-30)27-33(41(34)50)36-21-16-22-51-36)43(54)38(32)45(55)49(35,60-61(6,7)48(3,4)5)46(56)40-44(42)59-52-47(40)58-29-31-19-14-11-15-20-31/h8-15,17-20,27,32,35-36,42,51,54H,1-2,16,21-26,28-29H2,3-7H3/t32-,35-,36?,42-,49?/m0/s1. The van der Waals surface area contributed by atoms with E-state index in [0.29, 0.717) is 18.7 Å². The quantitative estimate of drug-likeness (QED) is 0.0721. The minimum atomic E-state index is -3.02. The molecule has 3 aromatic carbocycles. The van der Waals surface area contributed by atoms with Gasteiger partial charge >= 0.3 is 0 Å². The maximum absolute atomic E-state index is 17.1. The van der Waals surface area contributed by atoms with E-state index >= 15 is 14.0 Å². The summed E-state index contributed by atoms with van der Waals surface area (Å²) in [5, 5.41) is 20.0. The predicted octanol–water partition coefficient (Wildman–Crippen LogP) is 9.80. The number of aromatic nitrogens is 1. The molecule has 4 aromatic rings. The second kappa shape index (κ2) is 16.6. The van der Waals surface area contributed by atoms with Crippen LogP contribution in [0.5, 0.6) is 11.6 Å². The molecule has 2 fully saturated rings. The van der Waals surface area contributed by atoms with Crippen LogP contribution in [0.1, 0.15) is 96.1 Å². The number of ketones is 2. The summed E-state index contributed by atoms with van der Waals surface area (Å²) in [6.07, 6.45) is 5.44. The molecule has 12 heteroatoms. The third-order valence-electron chi connectivity index (χ3n) is 13.5. The van der Waals surface area contributed by atoms with Gasteiger partial charge in [-0.1, -0.05) is 93.6 Å². The fourth-order valence-electron chi connectivity index (χ4n) is 9.52. The number of nitrogens with zero attached hydrogens (tertiary/aromatic N) is 2. The Morgan fingerprint density at radius 2 is 1.62 bits per heavy atom. The van der Waals surface area contributed by atoms with Crippen molar-refractivity contribution in [1.29, 1.82) is 0 Å². The number of nitrogens with one attached hydrogen (secondary N) is 1. The SMILES string of the molecule is C=CCN(CC=C)[C@@H]1c2onc(OCc3ccccc3)c2C(=O)C2(O[Si](C)(C)C(C)(C)C)C(=O)C3=C(O)c4c(OCc5ccccc5)cc(C5CCCN5)c(F)c4C[C@H]3C[C@@H]12. The average molecular weight is 846 g/mol. The van der Waals surface area contributed by atoms with Gasteiger partial charge in [0, 0.05) is 41.7 Å². The zero-order chi connectivity index (χ0) is 43.3. The molecule has 1 aromatic heterocycles. The number of carbonyl (C=O) groups excluding carboxylic acids is 2. The van der Waals surface area contributed by atoms with Gasteiger partial charge < -0.3 is 28.8 Å². The van der Waals surface area contributed by atoms with E-state index in [9.17, 15) is 5.11 Å². The highest BCUT2D eigenvalue weighted by molar-refractivity contribution is 6.74. The van der Waals surface area contributed by atoms with Crippen LogP contribution in [0.25, 0.3) is 5.76 Å². The van der Waals surface area contributed by atoms with Gasteiger partial charge in [-0.15, -0.1) is 13.2 Å².